The third-order valence-electron chi connectivity index (χ3n) is 2.98. The first-order valence-electron chi connectivity index (χ1n) is 6.72. The highest BCUT2D eigenvalue weighted by Crippen LogP contribution is 2.14. The van der Waals surface area contributed by atoms with Crippen molar-refractivity contribution in [1.82, 2.24) is 9.97 Å². The van der Waals surface area contributed by atoms with E-state index in [-0.39, 0.29) is 6.10 Å². The standard InChI is InChI=1S/C13H22N4O2/c1-10-8-12(14-5-7-18-2)17-13(16-10)15-9-11-4-3-6-19-11/h8,11H,3-7,9H2,1-2H3,(H2,14,15,16,17). The highest BCUT2D eigenvalue weighted by Gasteiger charge is 2.15. The summed E-state index contributed by atoms with van der Waals surface area (Å²) in [6, 6.07) is 1.92. The second kappa shape index (κ2) is 7.25. The lowest BCUT2D eigenvalue weighted by Gasteiger charge is -2.12. The minimum atomic E-state index is 0.286. The molecule has 0 radical (unpaired) electrons. The van der Waals surface area contributed by atoms with Gasteiger partial charge in [0.05, 0.1) is 12.7 Å². The summed E-state index contributed by atoms with van der Waals surface area (Å²) in [5, 5.41) is 6.45. The van der Waals surface area contributed by atoms with Crippen LogP contribution in [0.2, 0.25) is 0 Å². The summed E-state index contributed by atoms with van der Waals surface area (Å²) in [7, 11) is 1.68. The lowest BCUT2D eigenvalue weighted by atomic mass is 10.2. The Morgan fingerprint density at radius 1 is 1.42 bits per heavy atom. The van der Waals surface area contributed by atoms with Gasteiger partial charge < -0.3 is 20.1 Å². The molecular formula is C13H22N4O2. The second-order valence-electron chi connectivity index (χ2n) is 4.65. The van der Waals surface area contributed by atoms with Gasteiger partial charge in [0.15, 0.2) is 0 Å². The highest BCUT2D eigenvalue weighted by molar-refractivity contribution is 5.42. The lowest BCUT2D eigenvalue weighted by Crippen LogP contribution is -2.20. The highest BCUT2D eigenvalue weighted by atomic mass is 16.5. The summed E-state index contributed by atoms with van der Waals surface area (Å²) in [6.45, 7) is 4.98. The predicted octanol–water partition coefficient (Wildman–Crippen LogP) is 1.43. The summed E-state index contributed by atoms with van der Waals surface area (Å²) in [4.78, 5) is 8.80. The van der Waals surface area contributed by atoms with Gasteiger partial charge in [-0.25, -0.2) is 4.98 Å². The van der Waals surface area contributed by atoms with Crippen LogP contribution < -0.4 is 10.6 Å². The number of rotatable bonds is 7. The molecular weight excluding hydrogens is 244 g/mol. The van der Waals surface area contributed by atoms with Crippen LogP contribution >= 0.6 is 0 Å². The summed E-state index contributed by atoms with van der Waals surface area (Å²) in [5.41, 5.74) is 0.935. The van der Waals surface area contributed by atoms with Crippen LogP contribution in [0, 0.1) is 6.92 Å². The number of nitrogens with one attached hydrogen (secondary N) is 2. The molecule has 1 saturated heterocycles. The van der Waals surface area contributed by atoms with E-state index in [0.717, 1.165) is 44.0 Å². The average Bonchev–Trinajstić information content (AvgIpc) is 2.89. The van der Waals surface area contributed by atoms with Crippen LogP contribution in [0.1, 0.15) is 18.5 Å². The Bertz CT molecular complexity index is 394. The minimum absolute atomic E-state index is 0.286. The van der Waals surface area contributed by atoms with E-state index in [1.807, 2.05) is 13.0 Å². The van der Waals surface area contributed by atoms with Gasteiger partial charge in [-0.1, -0.05) is 0 Å². The third-order valence-corrected chi connectivity index (χ3v) is 2.98. The summed E-state index contributed by atoms with van der Waals surface area (Å²) in [5.74, 6) is 1.47. The van der Waals surface area contributed by atoms with Crippen LogP contribution in [0.3, 0.4) is 0 Å². The Hall–Kier alpha value is -1.40. The number of aryl methyl sites for hydroxylation is 1. The van der Waals surface area contributed by atoms with E-state index < -0.39 is 0 Å². The molecule has 0 aliphatic carbocycles. The van der Waals surface area contributed by atoms with Crippen molar-refractivity contribution in [2.24, 2.45) is 0 Å². The Labute approximate surface area is 113 Å². The molecule has 0 aromatic carbocycles. The van der Waals surface area contributed by atoms with Crippen molar-refractivity contribution >= 4 is 11.8 Å². The number of nitrogens with zero attached hydrogens (tertiary/aromatic N) is 2. The van der Waals surface area contributed by atoms with Gasteiger partial charge in [0, 0.05) is 38.6 Å². The zero-order valence-corrected chi connectivity index (χ0v) is 11.6. The zero-order valence-electron chi connectivity index (χ0n) is 11.6. The predicted molar refractivity (Wildman–Crippen MR) is 74.6 cm³/mol. The maximum absolute atomic E-state index is 5.56. The monoisotopic (exact) mass is 266 g/mol. The van der Waals surface area contributed by atoms with Crippen LogP contribution in [-0.4, -0.2) is 49.5 Å². The van der Waals surface area contributed by atoms with Gasteiger partial charge in [-0.2, -0.15) is 4.98 Å². The fourth-order valence-electron chi connectivity index (χ4n) is 2.03. The number of ether oxygens (including phenoxy) is 2. The molecule has 0 amide bonds. The van der Waals surface area contributed by atoms with E-state index in [1.165, 1.54) is 0 Å². The van der Waals surface area contributed by atoms with E-state index in [0.29, 0.717) is 12.6 Å². The molecule has 106 valence electrons. The molecule has 1 aliphatic heterocycles. The SMILES string of the molecule is COCCNc1cc(C)nc(NCC2CCCO2)n1. The smallest absolute Gasteiger partial charge is 0.224 e. The van der Waals surface area contributed by atoms with Gasteiger partial charge in [-0.3, -0.25) is 0 Å². The van der Waals surface area contributed by atoms with Gasteiger partial charge in [-0.15, -0.1) is 0 Å². The van der Waals surface area contributed by atoms with Crippen molar-refractivity contribution in [3.05, 3.63) is 11.8 Å². The molecule has 1 aromatic heterocycles. The van der Waals surface area contributed by atoms with Gasteiger partial charge in [-0.05, 0) is 19.8 Å². The number of anilines is 2. The van der Waals surface area contributed by atoms with Gasteiger partial charge in [0.1, 0.15) is 5.82 Å². The van der Waals surface area contributed by atoms with Crippen molar-refractivity contribution in [2.45, 2.75) is 25.9 Å². The average molecular weight is 266 g/mol. The molecule has 2 rings (SSSR count). The molecule has 0 spiro atoms. The molecule has 0 saturated carbocycles. The lowest BCUT2D eigenvalue weighted by molar-refractivity contribution is 0.120. The minimum Gasteiger partial charge on any atom is -0.383 e. The first-order valence-corrected chi connectivity index (χ1v) is 6.72. The van der Waals surface area contributed by atoms with Crippen molar-refractivity contribution < 1.29 is 9.47 Å². The largest absolute Gasteiger partial charge is 0.383 e. The Morgan fingerprint density at radius 2 is 2.32 bits per heavy atom. The molecule has 2 heterocycles. The first kappa shape index (κ1) is 14.0. The Morgan fingerprint density at radius 3 is 3.05 bits per heavy atom. The second-order valence-corrected chi connectivity index (χ2v) is 4.65. The van der Waals surface area contributed by atoms with Crippen molar-refractivity contribution in [3.63, 3.8) is 0 Å². The van der Waals surface area contributed by atoms with E-state index in [4.69, 9.17) is 9.47 Å². The van der Waals surface area contributed by atoms with Crippen LogP contribution in [0.4, 0.5) is 11.8 Å². The molecule has 0 bridgehead atoms. The molecule has 1 fully saturated rings. The van der Waals surface area contributed by atoms with Crippen LogP contribution in [0.5, 0.6) is 0 Å². The number of hydrogen-bond acceptors (Lipinski definition) is 6. The number of methoxy groups -OCH3 is 1. The van der Waals surface area contributed by atoms with E-state index in [9.17, 15) is 0 Å². The fraction of sp³-hybridized carbons (Fsp3) is 0.692. The first-order chi connectivity index (χ1) is 9.28. The number of aromatic nitrogens is 2. The van der Waals surface area contributed by atoms with Crippen molar-refractivity contribution in [1.29, 1.82) is 0 Å². The molecule has 1 aliphatic rings. The molecule has 1 unspecified atom stereocenters. The van der Waals surface area contributed by atoms with Crippen LogP contribution in [-0.2, 0) is 9.47 Å². The topological polar surface area (TPSA) is 68.3 Å². The molecule has 2 N–H and O–H groups in total. The molecule has 6 heteroatoms. The molecule has 1 aromatic rings. The van der Waals surface area contributed by atoms with E-state index in [2.05, 4.69) is 20.6 Å². The van der Waals surface area contributed by atoms with E-state index in [1.54, 1.807) is 7.11 Å². The van der Waals surface area contributed by atoms with E-state index >= 15 is 0 Å². The summed E-state index contributed by atoms with van der Waals surface area (Å²) in [6.07, 6.45) is 2.54. The molecule has 6 nitrogen and oxygen atoms in total. The van der Waals surface area contributed by atoms with Gasteiger partial charge in [0.25, 0.3) is 0 Å². The normalized spacial score (nSPS) is 18.5. The van der Waals surface area contributed by atoms with Gasteiger partial charge >= 0.3 is 0 Å². The quantitative estimate of drug-likeness (QED) is 0.728. The Balaban J connectivity index is 1.87. The van der Waals surface area contributed by atoms with Gasteiger partial charge in [0.2, 0.25) is 5.95 Å². The zero-order chi connectivity index (χ0) is 13.5. The fourth-order valence-corrected chi connectivity index (χ4v) is 2.03. The number of hydrogen-bond donors (Lipinski definition) is 2. The summed E-state index contributed by atoms with van der Waals surface area (Å²) < 4.78 is 10.6. The van der Waals surface area contributed by atoms with Crippen molar-refractivity contribution in [2.75, 3.05) is 44.0 Å². The molecule has 19 heavy (non-hydrogen) atoms. The van der Waals surface area contributed by atoms with Crippen molar-refractivity contribution in [3.8, 4) is 0 Å². The maximum atomic E-state index is 5.56. The Kier molecular flexibility index (Phi) is 5.35. The summed E-state index contributed by atoms with van der Waals surface area (Å²) >= 11 is 0. The molecule has 1 atom stereocenters. The van der Waals surface area contributed by atoms with Crippen LogP contribution in [0.15, 0.2) is 6.07 Å². The third kappa shape index (κ3) is 4.65. The maximum Gasteiger partial charge on any atom is 0.224 e. The van der Waals surface area contributed by atoms with Crippen LogP contribution in [0.25, 0.3) is 0 Å².